The summed E-state index contributed by atoms with van der Waals surface area (Å²) in [5.41, 5.74) is 4.73. The highest BCUT2D eigenvalue weighted by Crippen LogP contribution is 2.07. The summed E-state index contributed by atoms with van der Waals surface area (Å²) in [7, 11) is 1.67. The molecular formula is C9H9N5O3. The normalized spacial score (nSPS) is 10.4. The number of nitrogen functional groups attached to an aromatic ring is 1. The molecule has 8 heteroatoms. The molecule has 0 saturated heterocycles. The Labute approximate surface area is 94.9 Å². The summed E-state index contributed by atoms with van der Waals surface area (Å²) in [6.07, 6.45) is 2.94. The minimum absolute atomic E-state index is 0.164. The van der Waals surface area contributed by atoms with Crippen LogP contribution in [-0.2, 0) is 7.05 Å². The fraction of sp³-hybridized carbons (Fsp3) is 0.111. The van der Waals surface area contributed by atoms with Crippen LogP contribution < -0.4 is 11.3 Å². The van der Waals surface area contributed by atoms with E-state index < -0.39 is 11.5 Å². The highest BCUT2D eigenvalue weighted by Gasteiger charge is 2.14. The van der Waals surface area contributed by atoms with Crippen molar-refractivity contribution < 1.29 is 9.90 Å². The molecular weight excluding hydrogens is 226 g/mol. The van der Waals surface area contributed by atoms with E-state index in [0.717, 1.165) is 10.7 Å². The number of carboxylic acid groups (broad SMARTS) is 1. The highest BCUT2D eigenvalue weighted by molar-refractivity contribution is 5.90. The van der Waals surface area contributed by atoms with Gasteiger partial charge in [-0.3, -0.25) is 9.48 Å². The van der Waals surface area contributed by atoms with E-state index in [1.165, 1.54) is 17.1 Å². The van der Waals surface area contributed by atoms with Crippen molar-refractivity contribution in [1.82, 2.24) is 19.6 Å². The number of aromatic carboxylic acids is 1. The Morgan fingerprint density at radius 2 is 2.24 bits per heavy atom. The van der Waals surface area contributed by atoms with Crippen LogP contribution in [0.25, 0.3) is 5.69 Å². The molecule has 3 N–H and O–H groups in total. The van der Waals surface area contributed by atoms with Gasteiger partial charge in [-0.1, -0.05) is 0 Å². The maximum Gasteiger partial charge on any atom is 0.358 e. The van der Waals surface area contributed by atoms with Crippen molar-refractivity contribution in [3.63, 3.8) is 0 Å². The molecule has 17 heavy (non-hydrogen) atoms. The van der Waals surface area contributed by atoms with Gasteiger partial charge >= 0.3 is 5.97 Å². The third-order valence-corrected chi connectivity index (χ3v) is 2.10. The van der Waals surface area contributed by atoms with Gasteiger partial charge in [-0.15, -0.1) is 0 Å². The molecule has 2 aromatic rings. The molecule has 0 aliphatic carbocycles. The largest absolute Gasteiger partial charge is 0.476 e. The molecule has 2 aromatic heterocycles. The Morgan fingerprint density at radius 1 is 1.53 bits per heavy atom. The van der Waals surface area contributed by atoms with Crippen molar-refractivity contribution in [1.29, 1.82) is 0 Å². The van der Waals surface area contributed by atoms with Crippen molar-refractivity contribution in [2.24, 2.45) is 7.05 Å². The Morgan fingerprint density at radius 3 is 2.76 bits per heavy atom. The Kier molecular flexibility index (Phi) is 2.39. The highest BCUT2D eigenvalue weighted by atomic mass is 16.4. The zero-order valence-corrected chi connectivity index (χ0v) is 8.86. The number of hydrogen-bond acceptors (Lipinski definition) is 5. The lowest BCUT2D eigenvalue weighted by atomic mass is 10.3. The predicted octanol–water partition coefficient (Wildman–Crippen LogP) is -0.754. The van der Waals surface area contributed by atoms with Gasteiger partial charge in [-0.05, 0) is 0 Å². The zero-order valence-electron chi connectivity index (χ0n) is 8.86. The third kappa shape index (κ3) is 1.87. The SMILES string of the molecule is Cn1cc(-n2nc(C(=O)O)c(N)cc2=O)cn1. The van der Waals surface area contributed by atoms with Crippen LogP contribution in [-0.4, -0.2) is 30.6 Å². The Balaban J connectivity index is 2.66. The number of carbonyl (C=O) groups is 1. The molecule has 0 amide bonds. The first-order valence-electron chi connectivity index (χ1n) is 4.61. The van der Waals surface area contributed by atoms with Crippen LogP contribution in [0.15, 0.2) is 23.3 Å². The number of aryl methyl sites for hydroxylation is 1. The smallest absolute Gasteiger partial charge is 0.358 e. The minimum atomic E-state index is -1.29. The average Bonchev–Trinajstić information content (AvgIpc) is 2.64. The molecule has 0 saturated carbocycles. The second kappa shape index (κ2) is 3.74. The summed E-state index contributed by atoms with van der Waals surface area (Å²) in [6.45, 7) is 0. The zero-order chi connectivity index (χ0) is 12.6. The molecule has 0 aromatic carbocycles. The topological polar surface area (TPSA) is 116 Å². The molecule has 0 atom stereocenters. The monoisotopic (exact) mass is 235 g/mol. The second-order valence-electron chi connectivity index (χ2n) is 3.38. The molecule has 2 heterocycles. The van der Waals surface area contributed by atoms with Crippen LogP contribution in [0.5, 0.6) is 0 Å². The second-order valence-corrected chi connectivity index (χ2v) is 3.38. The number of nitrogens with two attached hydrogens (primary N) is 1. The quantitative estimate of drug-likeness (QED) is 0.707. The molecule has 0 unspecified atom stereocenters. The molecule has 0 bridgehead atoms. The van der Waals surface area contributed by atoms with Gasteiger partial charge in [-0.2, -0.15) is 14.9 Å². The van der Waals surface area contributed by atoms with E-state index in [1.54, 1.807) is 7.05 Å². The van der Waals surface area contributed by atoms with Crippen molar-refractivity contribution in [3.05, 3.63) is 34.5 Å². The lowest BCUT2D eigenvalue weighted by molar-refractivity contribution is 0.0689. The first-order valence-corrected chi connectivity index (χ1v) is 4.61. The fourth-order valence-electron chi connectivity index (χ4n) is 1.34. The van der Waals surface area contributed by atoms with Gasteiger partial charge in [0.1, 0.15) is 5.69 Å². The molecule has 88 valence electrons. The maximum atomic E-state index is 11.6. The van der Waals surface area contributed by atoms with E-state index in [1.807, 2.05) is 0 Å². The number of carboxylic acids is 1. The molecule has 2 rings (SSSR count). The van der Waals surface area contributed by atoms with E-state index in [4.69, 9.17) is 10.8 Å². The van der Waals surface area contributed by atoms with Gasteiger partial charge < -0.3 is 10.8 Å². The molecule has 8 nitrogen and oxygen atoms in total. The van der Waals surface area contributed by atoms with E-state index in [9.17, 15) is 9.59 Å². The number of aromatic nitrogens is 4. The van der Waals surface area contributed by atoms with Crippen molar-refractivity contribution in [3.8, 4) is 5.69 Å². The summed E-state index contributed by atoms with van der Waals surface area (Å²) in [4.78, 5) is 22.5. The fourth-order valence-corrected chi connectivity index (χ4v) is 1.34. The van der Waals surface area contributed by atoms with Crippen molar-refractivity contribution in [2.45, 2.75) is 0 Å². The molecule has 0 spiro atoms. The number of rotatable bonds is 2. The van der Waals surface area contributed by atoms with Crippen LogP contribution in [0.1, 0.15) is 10.5 Å². The van der Waals surface area contributed by atoms with Gasteiger partial charge in [0, 0.05) is 13.1 Å². The van der Waals surface area contributed by atoms with Gasteiger partial charge in [0.05, 0.1) is 18.1 Å². The predicted molar refractivity (Wildman–Crippen MR) is 58.0 cm³/mol. The van der Waals surface area contributed by atoms with Crippen molar-refractivity contribution in [2.75, 3.05) is 5.73 Å². The molecule has 0 aliphatic heterocycles. The lowest BCUT2D eigenvalue weighted by Gasteiger charge is -2.04. The van der Waals surface area contributed by atoms with Crippen molar-refractivity contribution >= 4 is 11.7 Å². The van der Waals surface area contributed by atoms with Gasteiger partial charge in [0.25, 0.3) is 5.56 Å². The van der Waals surface area contributed by atoms with Gasteiger partial charge in [0.15, 0.2) is 5.69 Å². The van der Waals surface area contributed by atoms with E-state index >= 15 is 0 Å². The van der Waals surface area contributed by atoms with E-state index in [-0.39, 0.29) is 11.4 Å². The van der Waals surface area contributed by atoms with E-state index in [0.29, 0.717) is 5.69 Å². The Bertz CT molecular complexity index is 642. The van der Waals surface area contributed by atoms with Crippen LogP contribution in [0.4, 0.5) is 5.69 Å². The summed E-state index contributed by atoms with van der Waals surface area (Å²) >= 11 is 0. The lowest BCUT2D eigenvalue weighted by Crippen LogP contribution is -2.24. The number of hydrogen-bond donors (Lipinski definition) is 2. The van der Waals surface area contributed by atoms with Crippen LogP contribution >= 0.6 is 0 Å². The van der Waals surface area contributed by atoms with Crippen LogP contribution in [0.2, 0.25) is 0 Å². The maximum absolute atomic E-state index is 11.6. The van der Waals surface area contributed by atoms with Gasteiger partial charge in [0.2, 0.25) is 0 Å². The number of anilines is 1. The molecule has 0 radical (unpaired) electrons. The first kappa shape index (κ1) is 10.9. The average molecular weight is 235 g/mol. The Hall–Kier alpha value is -2.64. The summed E-state index contributed by atoms with van der Waals surface area (Å²) in [6, 6.07) is 1.02. The standard InChI is InChI=1S/C9H9N5O3/c1-13-4-5(3-11-13)14-7(15)2-6(10)8(12-14)9(16)17/h2-4H,10H2,1H3,(H,16,17). The molecule has 0 fully saturated rings. The number of nitrogens with zero attached hydrogens (tertiary/aromatic N) is 4. The van der Waals surface area contributed by atoms with Crippen LogP contribution in [0, 0.1) is 0 Å². The summed E-state index contributed by atoms with van der Waals surface area (Å²) in [5.74, 6) is -1.29. The summed E-state index contributed by atoms with van der Waals surface area (Å²) in [5, 5.41) is 16.4. The third-order valence-electron chi connectivity index (χ3n) is 2.10. The minimum Gasteiger partial charge on any atom is -0.476 e. The first-order chi connectivity index (χ1) is 7.99. The van der Waals surface area contributed by atoms with Gasteiger partial charge in [-0.25, -0.2) is 4.79 Å². The molecule has 0 aliphatic rings. The van der Waals surface area contributed by atoms with Crippen LogP contribution in [0.3, 0.4) is 0 Å². The summed E-state index contributed by atoms with van der Waals surface area (Å²) < 4.78 is 2.41. The van der Waals surface area contributed by atoms with E-state index in [2.05, 4.69) is 10.2 Å².